The molecular formula is C147H152. The maximum Gasteiger partial charge on any atom is -0.00159 e. The molecule has 0 spiro atoms. The van der Waals surface area contributed by atoms with Gasteiger partial charge in [-0.15, -0.1) is 0 Å². The minimum Gasteiger partial charge on any atom is -0.0616 e. The zero-order chi connectivity index (χ0) is 106. The van der Waals surface area contributed by atoms with Crippen LogP contribution in [0.4, 0.5) is 0 Å². The maximum absolute atomic E-state index is 2.39. The van der Waals surface area contributed by atoms with E-state index in [0.717, 1.165) is 0 Å². The first-order valence-electron chi connectivity index (χ1n) is 53.8. The van der Waals surface area contributed by atoms with Gasteiger partial charge in [0.25, 0.3) is 0 Å². The third kappa shape index (κ3) is 16.1. The van der Waals surface area contributed by atoms with E-state index in [1.54, 1.807) is 0 Å². The fraction of sp³-hybridized carbons (Fsp3) is 0.279. The molecule has 0 bridgehead atoms. The summed E-state index contributed by atoms with van der Waals surface area (Å²) in [5.41, 5.74) is 57.9. The van der Waals surface area contributed by atoms with E-state index in [1.165, 1.54) is 422 Å². The van der Waals surface area contributed by atoms with Crippen LogP contribution in [-0.2, 0) is 0 Å². The van der Waals surface area contributed by atoms with E-state index in [1.807, 2.05) is 0 Å². The zero-order valence-corrected chi connectivity index (χ0v) is 96.2. The van der Waals surface area contributed by atoms with Crippen molar-refractivity contribution in [1.82, 2.24) is 0 Å². The van der Waals surface area contributed by atoms with E-state index in [9.17, 15) is 0 Å². The van der Waals surface area contributed by atoms with Gasteiger partial charge in [-0.2, -0.15) is 0 Å². The lowest BCUT2D eigenvalue weighted by Gasteiger charge is -2.24. The molecule has 0 atom stereocenters. The van der Waals surface area contributed by atoms with Crippen LogP contribution in [0.1, 0.15) is 228 Å². The van der Waals surface area contributed by atoms with Crippen LogP contribution in [0.15, 0.2) is 176 Å². The van der Waals surface area contributed by atoms with Crippen LogP contribution in [0.25, 0.3) is 194 Å². The van der Waals surface area contributed by atoms with E-state index in [2.05, 4.69) is 460 Å². The molecule has 25 aromatic carbocycles. The summed E-state index contributed by atoms with van der Waals surface area (Å²) < 4.78 is 0. The largest absolute Gasteiger partial charge is 0.0616 e. The molecule has 0 aliphatic carbocycles. The van der Waals surface area contributed by atoms with Gasteiger partial charge in [0.15, 0.2) is 0 Å². The van der Waals surface area contributed by atoms with Crippen molar-refractivity contribution < 1.29 is 0 Å². The lowest BCUT2D eigenvalue weighted by atomic mass is 9.80. The number of benzene rings is 25. The SMILES string of the molecule is Cc1c(C)c(C)c2c(c1C)c(C)c(C)c1c(C)c(C)c(C)c(C)c12.Cc1cc(C)c2c(C)c(C)c3c(C)ccc(C)c3c2c1.Cc1cc(C)c2c(C)c(C)c3ccccc3c2c1.Cc1cc2c(C)cc3c(C)c(C)c(C)c4cc(C)c(c1)c2c34.Cc1cc2cc(C)c3c(C)c(C)c(C)c4c(C)cc(c1)c2c34.Cc1cc2ccc3c(C)c(C)c(C)c4cc(C)c(c1)c2c34.Cc1cc2ccc3c(C)c(C)c(C)c4ccc(c1)c2c34. The second kappa shape index (κ2) is 37.6. The molecule has 0 nitrogen and oxygen atoms in total. The van der Waals surface area contributed by atoms with E-state index < -0.39 is 0 Å². The Kier molecular flexibility index (Phi) is 26.0. The molecule has 0 aliphatic heterocycles. The number of aryl methyl sites for hydroxylation is 33. The van der Waals surface area contributed by atoms with Gasteiger partial charge in [-0.25, -0.2) is 0 Å². The van der Waals surface area contributed by atoms with Crippen molar-refractivity contribution in [3.63, 3.8) is 0 Å². The number of fused-ring (bicyclic) bond motifs is 9. The Morgan fingerprint density at radius 1 is 0.0884 bits per heavy atom. The molecule has 0 radical (unpaired) electrons. The summed E-state index contributed by atoms with van der Waals surface area (Å²) in [6, 6.07) is 66.7. The highest BCUT2D eigenvalue weighted by molar-refractivity contribution is 6.31. The van der Waals surface area contributed by atoms with Crippen LogP contribution in [-0.4, -0.2) is 0 Å². The van der Waals surface area contributed by atoms with Crippen LogP contribution < -0.4 is 0 Å². The maximum atomic E-state index is 2.39. The fourth-order valence-corrected chi connectivity index (χ4v) is 27.3. The quantitative estimate of drug-likeness (QED) is 0.133. The molecule has 147 heavy (non-hydrogen) atoms. The van der Waals surface area contributed by atoms with Crippen LogP contribution in [0.2, 0.25) is 0 Å². The Bertz CT molecular complexity index is 9650. The van der Waals surface area contributed by atoms with Crippen LogP contribution in [0, 0.1) is 284 Å². The van der Waals surface area contributed by atoms with Gasteiger partial charge >= 0.3 is 0 Å². The highest BCUT2D eigenvalue weighted by Crippen LogP contribution is 2.51. The summed E-state index contributed by atoms with van der Waals surface area (Å²) in [7, 11) is 0. The molecule has 25 rings (SSSR count). The Hall–Kier alpha value is -13.8. The van der Waals surface area contributed by atoms with Gasteiger partial charge < -0.3 is 0 Å². The van der Waals surface area contributed by atoms with Crippen molar-refractivity contribution >= 4 is 194 Å². The van der Waals surface area contributed by atoms with E-state index >= 15 is 0 Å². The first-order valence-corrected chi connectivity index (χ1v) is 53.8. The van der Waals surface area contributed by atoms with Crippen molar-refractivity contribution in [1.29, 1.82) is 0 Å². The van der Waals surface area contributed by atoms with Gasteiger partial charge in [-0.05, 0) is 695 Å². The summed E-state index contributed by atoms with van der Waals surface area (Å²) in [5, 5.41) is 51.4. The predicted molar refractivity (Wildman–Crippen MR) is 659 cm³/mol. The lowest BCUT2D eigenvalue weighted by Crippen LogP contribution is -2.03. The van der Waals surface area contributed by atoms with Gasteiger partial charge in [0, 0.05) is 0 Å². The second-order valence-electron chi connectivity index (χ2n) is 45.8. The van der Waals surface area contributed by atoms with Crippen molar-refractivity contribution in [2.75, 3.05) is 0 Å². The number of rotatable bonds is 0. The van der Waals surface area contributed by atoms with Crippen LogP contribution in [0.3, 0.4) is 0 Å². The number of hydrogen-bond acceptors (Lipinski definition) is 0. The van der Waals surface area contributed by atoms with Crippen molar-refractivity contribution in [2.45, 2.75) is 284 Å². The fourth-order valence-electron chi connectivity index (χ4n) is 27.3. The Balaban J connectivity index is 0.000000108. The first kappa shape index (κ1) is 102. The lowest BCUT2D eigenvalue weighted by molar-refractivity contribution is 1.22. The summed E-state index contributed by atoms with van der Waals surface area (Å²) >= 11 is 0. The molecule has 0 heterocycles. The molecule has 0 heteroatoms. The van der Waals surface area contributed by atoms with Crippen molar-refractivity contribution in [2.24, 2.45) is 0 Å². The molecule has 0 amide bonds. The average Bonchev–Trinajstić information content (AvgIpc) is 0.644. The molecule has 0 fully saturated rings. The monoisotopic (exact) mass is 1920 g/mol. The van der Waals surface area contributed by atoms with E-state index in [0.29, 0.717) is 0 Å². The first-order chi connectivity index (χ1) is 69.5. The summed E-state index contributed by atoms with van der Waals surface area (Å²) in [6.45, 7) is 92.4. The highest BCUT2D eigenvalue weighted by Gasteiger charge is 2.27. The average molecular weight is 1920 g/mol. The summed E-state index contributed by atoms with van der Waals surface area (Å²) in [5.74, 6) is 0. The molecule has 0 aliphatic rings. The standard InChI is InChI=1S/C24H30.2C22H22.C21H20.C20H18.C20H22.C18H18/c1-11-13(3)17(7)23-21(15(11)5)19(9)20(10)22-16(6)12(2)14(4)18(8)24(22)23;1-11-7-17-12(2)9-19-15(5)14(4)16(6)20-10-13(3)18(8-11)21(17)22(19)20;1-11-7-17-9-12(2)19-15(5)14(4)16(6)20-13(3)10-18(8-11)21(17)22(19)20;1-11-8-16-6-7-17-14(4)13(3)15(5)19-10-12(2)18(9-11)20(16)21(17)19;1-11-9-15-5-7-17-13(3)12(2)14(4)18-8-6-16(10-11)19(15)20(17)18;1-11-9-14(4)18-15(5)16(6)19-12(2)7-8-13(3)20(19)17(18)10-11;1-11-9-12(2)18-14(4)13(3)15-7-5-6-8-16(15)17(18)10-11/h1-10H3;2*7-10H,1-6H3;6-10H,1-5H3;5-10H,1-4H3;7-10H,1-6H3;5-10H,1-4H3. The molecule has 0 unspecified atom stereocenters. The van der Waals surface area contributed by atoms with Gasteiger partial charge in [0.2, 0.25) is 0 Å². The second-order valence-corrected chi connectivity index (χ2v) is 45.8. The zero-order valence-electron chi connectivity index (χ0n) is 96.2. The Labute approximate surface area is 875 Å². The minimum absolute atomic E-state index is 1.33. The summed E-state index contributed by atoms with van der Waals surface area (Å²) in [6.07, 6.45) is 0. The van der Waals surface area contributed by atoms with Gasteiger partial charge in [-0.1, -0.05) is 187 Å². The highest BCUT2D eigenvalue weighted by atomic mass is 14.3. The molecule has 0 saturated carbocycles. The van der Waals surface area contributed by atoms with Gasteiger partial charge in [0.1, 0.15) is 0 Å². The van der Waals surface area contributed by atoms with E-state index in [4.69, 9.17) is 0 Å². The topological polar surface area (TPSA) is 0 Å². The molecule has 25 aromatic rings. The molecule has 0 saturated heterocycles. The normalized spacial score (nSPS) is 11.8. The van der Waals surface area contributed by atoms with Gasteiger partial charge in [-0.3, -0.25) is 0 Å². The smallest absolute Gasteiger partial charge is 0.00159 e. The third-order valence-corrected chi connectivity index (χ3v) is 36.9. The Morgan fingerprint density at radius 2 is 0.327 bits per heavy atom. The molecule has 0 N–H and O–H groups in total. The van der Waals surface area contributed by atoms with Crippen molar-refractivity contribution in [3.8, 4) is 0 Å². The molecule has 0 aromatic heterocycles. The van der Waals surface area contributed by atoms with E-state index in [-0.39, 0.29) is 0 Å². The Morgan fingerprint density at radius 3 is 0.748 bits per heavy atom. The number of hydrogen-bond donors (Lipinski definition) is 0. The predicted octanol–water partition coefficient (Wildman–Crippen LogP) is 43.0. The minimum atomic E-state index is 1.33. The van der Waals surface area contributed by atoms with Crippen LogP contribution in [0.5, 0.6) is 0 Å². The van der Waals surface area contributed by atoms with Crippen LogP contribution >= 0.6 is 0 Å². The summed E-state index contributed by atoms with van der Waals surface area (Å²) in [4.78, 5) is 0. The van der Waals surface area contributed by atoms with Gasteiger partial charge in [0.05, 0.1) is 0 Å². The van der Waals surface area contributed by atoms with Crippen molar-refractivity contribution in [3.05, 3.63) is 404 Å². The third-order valence-electron chi connectivity index (χ3n) is 36.9. The molecular weight excluding hydrogens is 1770 g/mol. The molecule has 740 valence electrons.